The minimum Gasteiger partial charge on any atom is -0.459 e. The van der Waals surface area contributed by atoms with Crippen LogP contribution in [0.1, 0.15) is 60.8 Å². The van der Waals surface area contributed by atoms with Crippen molar-refractivity contribution in [1.82, 2.24) is 14.5 Å². The number of aromatic nitrogens is 2. The van der Waals surface area contributed by atoms with Crippen molar-refractivity contribution in [3.63, 3.8) is 0 Å². The van der Waals surface area contributed by atoms with Gasteiger partial charge < -0.3 is 13.9 Å². The smallest absolute Gasteiger partial charge is 0.396 e. The standard InChI is InChI=1S/C21H27F2N3O4S/c1-4-8-26(31-3)13-14-11-17(23)15(12-16(14)22)21(6-9-28-10-7-21)20-25-24-18(30-20)19(27)29-5-2/h11-12H,4-10,13H2,1-3H3. The van der Waals surface area contributed by atoms with Gasteiger partial charge in [-0.3, -0.25) is 0 Å². The fraction of sp³-hybridized carbons (Fsp3) is 0.571. The van der Waals surface area contributed by atoms with E-state index in [1.54, 1.807) is 6.92 Å². The molecule has 2 aromatic rings. The van der Waals surface area contributed by atoms with Crippen LogP contribution in [0.3, 0.4) is 0 Å². The summed E-state index contributed by atoms with van der Waals surface area (Å²) in [5.41, 5.74) is -0.673. The van der Waals surface area contributed by atoms with Crippen molar-refractivity contribution in [2.24, 2.45) is 0 Å². The molecule has 170 valence electrons. The molecule has 1 fully saturated rings. The first-order valence-electron chi connectivity index (χ1n) is 10.3. The predicted molar refractivity (Wildman–Crippen MR) is 112 cm³/mol. The van der Waals surface area contributed by atoms with Gasteiger partial charge in [-0.2, -0.15) is 0 Å². The average molecular weight is 456 g/mol. The molecule has 2 heterocycles. The van der Waals surface area contributed by atoms with E-state index < -0.39 is 23.0 Å². The third-order valence-electron chi connectivity index (χ3n) is 5.36. The summed E-state index contributed by atoms with van der Waals surface area (Å²) in [5, 5.41) is 7.76. The molecule has 0 amide bonds. The zero-order valence-electron chi connectivity index (χ0n) is 18.0. The summed E-state index contributed by atoms with van der Waals surface area (Å²) in [6.45, 7) is 5.54. The first-order valence-corrected chi connectivity index (χ1v) is 11.5. The van der Waals surface area contributed by atoms with Crippen molar-refractivity contribution in [2.45, 2.75) is 45.1 Å². The lowest BCUT2D eigenvalue weighted by Crippen LogP contribution is -2.36. The SMILES string of the molecule is CCCN(Cc1cc(F)c(C2(c3nnc(C(=O)OCC)o3)CCOCC2)cc1F)SC. The third kappa shape index (κ3) is 5.07. The molecule has 1 aliphatic heterocycles. The molecule has 0 bridgehead atoms. The molecule has 3 rings (SSSR count). The number of halogens is 2. The van der Waals surface area contributed by atoms with E-state index in [0.717, 1.165) is 13.0 Å². The molecule has 1 saturated heterocycles. The maximum absolute atomic E-state index is 15.4. The van der Waals surface area contributed by atoms with Gasteiger partial charge in [0, 0.05) is 37.4 Å². The van der Waals surface area contributed by atoms with E-state index >= 15 is 8.78 Å². The second-order valence-corrected chi connectivity index (χ2v) is 8.18. The van der Waals surface area contributed by atoms with Crippen LogP contribution in [0.15, 0.2) is 16.5 Å². The maximum Gasteiger partial charge on any atom is 0.396 e. The van der Waals surface area contributed by atoms with Crippen LogP contribution in [0.2, 0.25) is 0 Å². The van der Waals surface area contributed by atoms with Crippen LogP contribution >= 0.6 is 11.9 Å². The Hall–Kier alpha value is -2.04. The topological polar surface area (TPSA) is 77.7 Å². The molecular formula is C21H27F2N3O4S. The number of benzene rings is 1. The molecule has 1 aliphatic rings. The Labute approximate surface area is 184 Å². The summed E-state index contributed by atoms with van der Waals surface area (Å²) in [5.74, 6) is -2.05. The van der Waals surface area contributed by atoms with Crippen molar-refractivity contribution < 1.29 is 27.5 Å². The van der Waals surface area contributed by atoms with Gasteiger partial charge in [-0.1, -0.05) is 18.9 Å². The molecule has 0 unspecified atom stereocenters. The largest absolute Gasteiger partial charge is 0.459 e. The number of hydrogen-bond donors (Lipinski definition) is 0. The maximum atomic E-state index is 15.4. The number of carbonyl (C=O) groups excluding carboxylic acids is 1. The van der Waals surface area contributed by atoms with E-state index in [4.69, 9.17) is 13.9 Å². The third-order valence-corrected chi connectivity index (χ3v) is 6.19. The molecular weight excluding hydrogens is 428 g/mol. The first kappa shape index (κ1) is 23.6. The summed E-state index contributed by atoms with van der Waals surface area (Å²) in [6, 6.07) is 2.46. The first-order chi connectivity index (χ1) is 14.9. The molecule has 0 spiro atoms. The van der Waals surface area contributed by atoms with Crippen LogP contribution in [0.5, 0.6) is 0 Å². The Bertz CT molecular complexity index is 903. The zero-order chi connectivity index (χ0) is 22.4. The quantitative estimate of drug-likeness (QED) is 0.413. The summed E-state index contributed by atoms with van der Waals surface area (Å²) in [7, 11) is 0. The van der Waals surface area contributed by atoms with Crippen molar-refractivity contribution in [2.75, 3.05) is 32.6 Å². The number of esters is 1. The van der Waals surface area contributed by atoms with Gasteiger partial charge in [0.1, 0.15) is 11.6 Å². The number of ether oxygens (including phenoxy) is 2. The lowest BCUT2D eigenvalue weighted by Gasteiger charge is -2.35. The van der Waals surface area contributed by atoms with Gasteiger partial charge >= 0.3 is 11.9 Å². The van der Waals surface area contributed by atoms with Gasteiger partial charge in [0.15, 0.2) is 0 Å². The van der Waals surface area contributed by atoms with E-state index in [1.807, 2.05) is 17.5 Å². The van der Waals surface area contributed by atoms with Crippen LogP contribution in [0, 0.1) is 11.6 Å². The predicted octanol–water partition coefficient (Wildman–Crippen LogP) is 4.11. The number of carbonyl (C=O) groups is 1. The highest BCUT2D eigenvalue weighted by Gasteiger charge is 2.44. The summed E-state index contributed by atoms with van der Waals surface area (Å²) < 4.78 is 48.3. The van der Waals surface area contributed by atoms with Crippen molar-refractivity contribution in [3.8, 4) is 0 Å². The zero-order valence-corrected chi connectivity index (χ0v) is 18.8. The monoisotopic (exact) mass is 455 g/mol. The van der Waals surface area contributed by atoms with E-state index in [2.05, 4.69) is 10.2 Å². The van der Waals surface area contributed by atoms with Crippen molar-refractivity contribution >= 4 is 17.9 Å². The molecule has 0 N–H and O–H groups in total. The van der Waals surface area contributed by atoms with Gasteiger partial charge in [-0.05, 0) is 44.6 Å². The van der Waals surface area contributed by atoms with Crippen LogP contribution in [0.4, 0.5) is 8.78 Å². The fourth-order valence-corrected chi connectivity index (χ4v) is 4.39. The Morgan fingerprint density at radius 1 is 1.23 bits per heavy atom. The molecule has 0 aliphatic carbocycles. The highest BCUT2D eigenvalue weighted by molar-refractivity contribution is 7.96. The van der Waals surface area contributed by atoms with Crippen LogP contribution in [0.25, 0.3) is 0 Å². The minimum absolute atomic E-state index is 0.0571. The Balaban J connectivity index is 1.99. The second-order valence-electron chi connectivity index (χ2n) is 7.30. The minimum atomic E-state index is -1.08. The Morgan fingerprint density at radius 2 is 1.97 bits per heavy atom. The van der Waals surface area contributed by atoms with E-state index in [0.29, 0.717) is 32.6 Å². The van der Waals surface area contributed by atoms with Gasteiger partial charge in [0.05, 0.1) is 12.0 Å². The highest BCUT2D eigenvalue weighted by Crippen LogP contribution is 2.42. The van der Waals surface area contributed by atoms with E-state index in [-0.39, 0.29) is 29.5 Å². The summed E-state index contributed by atoms with van der Waals surface area (Å²) in [4.78, 5) is 11.9. The lowest BCUT2D eigenvalue weighted by molar-refractivity contribution is 0.0443. The van der Waals surface area contributed by atoms with Crippen molar-refractivity contribution in [1.29, 1.82) is 0 Å². The van der Waals surface area contributed by atoms with E-state index in [1.165, 1.54) is 24.1 Å². The van der Waals surface area contributed by atoms with E-state index in [9.17, 15) is 4.79 Å². The van der Waals surface area contributed by atoms with Gasteiger partial charge in [0.2, 0.25) is 5.89 Å². The molecule has 31 heavy (non-hydrogen) atoms. The van der Waals surface area contributed by atoms with Gasteiger partial charge in [-0.25, -0.2) is 17.9 Å². The average Bonchev–Trinajstić information content (AvgIpc) is 3.27. The molecule has 0 saturated carbocycles. The summed E-state index contributed by atoms with van der Waals surface area (Å²) in [6.07, 6.45) is 3.46. The molecule has 0 atom stereocenters. The molecule has 10 heteroatoms. The normalized spacial score (nSPS) is 15.9. The summed E-state index contributed by atoms with van der Waals surface area (Å²) >= 11 is 1.49. The fourth-order valence-electron chi connectivity index (χ4n) is 3.76. The van der Waals surface area contributed by atoms with Gasteiger partial charge in [0.25, 0.3) is 0 Å². The Kier molecular flexibility index (Phi) is 8.01. The van der Waals surface area contributed by atoms with Crippen molar-refractivity contribution in [3.05, 3.63) is 46.7 Å². The number of rotatable bonds is 9. The number of nitrogens with zero attached hydrogens (tertiary/aromatic N) is 3. The van der Waals surface area contributed by atoms with Gasteiger partial charge in [-0.15, -0.1) is 10.2 Å². The van der Waals surface area contributed by atoms with Crippen LogP contribution in [-0.2, 0) is 21.4 Å². The molecule has 0 radical (unpaired) electrons. The Morgan fingerprint density at radius 3 is 2.61 bits per heavy atom. The van der Waals surface area contributed by atoms with Crippen LogP contribution < -0.4 is 0 Å². The van der Waals surface area contributed by atoms with Crippen LogP contribution in [-0.4, -0.2) is 53.1 Å². The molecule has 7 nitrogen and oxygen atoms in total. The number of hydrogen-bond acceptors (Lipinski definition) is 8. The highest BCUT2D eigenvalue weighted by atomic mass is 32.2. The molecule has 1 aromatic heterocycles. The second kappa shape index (κ2) is 10.5. The molecule has 1 aromatic carbocycles. The lowest BCUT2D eigenvalue weighted by atomic mass is 9.73.